The van der Waals surface area contributed by atoms with Gasteiger partial charge in [-0.1, -0.05) is 11.6 Å². The van der Waals surface area contributed by atoms with Crippen molar-refractivity contribution >= 4 is 12.1 Å². The molecule has 5 rings (SSSR count). The highest BCUT2D eigenvalue weighted by molar-refractivity contribution is 5.87. The second-order valence-electron chi connectivity index (χ2n) is 10.8. The van der Waals surface area contributed by atoms with Crippen molar-refractivity contribution < 1.29 is 33.6 Å². The van der Waals surface area contributed by atoms with Crippen LogP contribution in [0.4, 0.5) is 4.79 Å². The van der Waals surface area contributed by atoms with E-state index in [1.165, 1.54) is 33.4 Å². The molecule has 4 fully saturated rings. The van der Waals surface area contributed by atoms with Crippen LogP contribution in [-0.4, -0.2) is 83.0 Å². The Bertz CT molecular complexity index is 1130. The van der Waals surface area contributed by atoms with Gasteiger partial charge in [-0.05, 0) is 46.1 Å². The van der Waals surface area contributed by atoms with Crippen LogP contribution in [0.15, 0.2) is 34.8 Å². The van der Waals surface area contributed by atoms with Crippen LogP contribution in [0.2, 0.25) is 0 Å². The Balaban J connectivity index is 1.24. The van der Waals surface area contributed by atoms with Crippen molar-refractivity contribution in [3.8, 4) is 0 Å². The van der Waals surface area contributed by atoms with Crippen molar-refractivity contribution in [2.45, 2.75) is 75.6 Å². The lowest BCUT2D eigenvalue weighted by molar-refractivity contribution is -0.124. The third-order valence-corrected chi connectivity index (χ3v) is 8.19. The summed E-state index contributed by atoms with van der Waals surface area (Å²) in [5, 5.41) is 9.21. The monoisotopic (exact) mass is 502 g/mol. The van der Waals surface area contributed by atoms with Crippen molar-refractivity contribution in [2.75, 3.05) is 26.8 Å². The molecule has 1 spiro atoms. The van der Waals surface area contributed by atoms with Gasteiger partial charge in [0.2, 0.25) is 0 Å². The molecule has 10 heteroatoms. The van der Waals surface area contributed by atoms with Gasteiger partial charge in [0, 0.05) is 32.5 Å². The third kappa shape index (κ3) is 4.35. The Kier molecular flexibility index (Phi) is 6.25. The molecule has 3 saturated heterocycles. The van der Waals surface area contributed by atoms with E-state index in [0.29, 0.717) is 13.0 Å². The van der Waals surface area contributed by atoms with E-state index in [2.05, 4.69) is 26.8 Å². The molecule has 4 aliphatic rings. The number of rotatable bonds is 7. The smallest absolute Gasteiger partial charge is 0.410 e. The van der Waals surface area contributed by atoms with Gasteiger partial charge in [-0.25, -0.2) is 9.59 Å². The van der Waals surface area contributed by atoms with E-state index in [0.717, 1.165) is 12.8 Å². The molecule has 1 saturated carbocycles. The number of ether oxygens (including phenoxy) is 4. The summed E-state index contributed by atoms with van der Waals surface area (Å²) in [5.41, 5.74) is 0.265. The van der Waals surface area contributed by atoms with Gasteiger partial charge in [0.25, 0.3) is 5.56 Å². The number of pyridine rings is 1. The topological polar surface area (TPSA) is 123 Å². The molecule has 0 radical (unpaired) electrons. The number of carbonyl (C=O) groups is 2. The van der Waals surface area contributed by atoms with E-state index < -0.39 is 23.8 Å². The number of likely N-dealkylation sites (tertiary alicyclic amines) is 1. The highest BCUT2D eigenvalue weighted by Gasteiger charge is 2.72. The molecule has 3 aliphatic heterocycles. The Morgan fingerprint density at radius 1 is 1.28 bits per heavy atom. The van der Waals surface area contributed by atoms with E-state index in [1.54, 1.807) is 7.11 Å². The van der Waals surface area contributed by atoms with Crippen molar-refractivity contribution in [3.05, 3.63) is 45.9 Å². The first-order valence-electron chi connectivity index (χ1n) is 12.5. The van der Waals surface area contributed by atoms with Gasteiger partial charge in [-0.15, -0.1) is 0 Å². The molecule has 0 bridgehead atoms. The lowest BCUT2D eigenvalue weighted by Gasteiger charge is -2.44. The zero-order valence-electron chi connectivity index (χ0n) is 21.1. The van der Waals surface area contributed by atoms with Crippen molar-refractivity contribution in [3.63, 3.8) is 0 Å². The highest BCUT2D eigenvalue weighted by atomic mass is 16.6. The van der Waals surface area contributed by atoms with Crippen LogP contribution in [0, 0.1) is 5.92 Å². The van der Waals surface area contributed by atoms with Gasteiger partial charge in [0.05, 0.1) is 30.2 Å². The van der Waals surface area contributed by atoms with Crippen LogP contribution >= 0.6 is 0 Å². The molecule has 1 aromatic rings. The third-order valence-electron chi connectivity index (χ3n) is 8.19. The first-order chi connectivity index (χ1) is 17.1. The number of carbonyl (C=O) groups excluding carboxylic acids is 1. The Labute approximate surface area is 209 Å². The molecular weight excluding hydrogens is 468 g/mol. The van der Waals surface area contributed by atoms with Gasteiger partial charge >= 0.3 is 12.1 Å². The fraction of sp³-hybridized carbons (Fsp3) is 0.654. The summed E-state index contributed by atoms with van der Waals surface area (Å²) < 4.78 is 25.4. The molecular formula is C26H34N2O8. The van der Waals surface area contributed by atoms with E-state index in [1.807, 2.05) is 0 Å². The van der Waals surface area contributed by atoms with E-state index >= 15 is 0 Å². The normalized spacial score (nSPS) is 35.2. The first-order valence-corrected chi connectivity index (χ1v) is 12.5. The Morgan fingerprint density at radius 2 is 2.00 bits per heavy atom. The fourth-order valence-corrected chi connectivity index (χ4v) is 5.97. The second-order valence-corrected chi connectivity index (χ2v) is 10.8. The summed E-state index contributed by atoms with van der Waals surface area (Å²) in [4.78, 5) is 38.0. The van der Waals surface area contributed by atoms with Gasteiger partial charge < -0.3 is 33.5 Å². The summed E-state index contributed by atoms with van der Waals surface area (Å²) in [7, 11) is 1.64. The van der Waals surface area contributed by atoms with E-state index in [4.69, 9.17) is 18.9 Å². The minimum absolute atomic E-state index is 0.0294. The maximum atomic E-state index is 13.0. The lowest BCUT2D eigenvalue weighted by atomic mass is 9.68. The quantitative estimate of drug-likeness (QED) is 0.446. The molecule has 6 atom stereocenters. The largest absolute Gasteiger partial charge is 0.478 e. The molecule has 1 amide bonds. The SMILES string of the molecule is CO[C@@H]1[C@H](OC(=O)N2CC(n3cc(C(=O)O)ccc3=O)C2)CC[C@]2(CO2)[C@H]1[C@@]1(C)O[C@@H]1CC=C(C)C. The summed E-state index contributed by atoms with van der Waals surface area (Å²) in [6, 6.07) is 2.22. The molecule has 0 aromatic carbocycles. The minimum Gasteiger partial charge on any atom is -0.478 e. The molecule has 1 aliphatic carbocycles. The van der Waals surface area contributed by atoms with Crippen LogP contribution in [0.5, 0.6) is 0 Å². The predicted molar refractivity (Wildman–Crippen MR) is 128 cm³/mol. The van der Waals surface area contributed by atoms with Crippen LogP contribution in [-0.2, 0) is 18.9 Å². The van der Waals surface area contributed by atoms with Gasteiger partial charge in [0.15, 0.2) is 0 Å². The van der Waals surface area contributed by atoms with Gasteiger partial charge in [-0.3, -0.25) is 4.79 Å². The highest BCUT2D eigenvalue weighted by Crippen LogP contribution is 2.59. The van der Waals surface area contributed by atoms with Crippen molar-refractivity contribution in [1.82, 2.24) is 9.47 Å². The number of allylic oxidation sites excluding steroid dienone is 1. The Hall–Kier alpha value is -2.69. The number of epoxide rings is 2. The van der Waals surface area contributed by atoms with Crippen molar-refractivity contribution in [1.29, 1.82) is 0 Å². The predicted octanol–water partition coefficient (Wildman–Crippen LogP) is 2.62. The van der Waals surface area contributed by atoms with E-state index in [-0.39, 0.29) is 54.0 Å². The molecule has 0 unspecified atom stereocenters. The number of hydrogen-bond acceptors (Lipinski definition) is 7. The van der Waals surface area contributed by atoms with Crippen LogP contribution < -0.4 is 5.56 Å². The average molecular weight is 503 g/mol. The van der Waals surface area contributed by atoms with E-state index in [9.17, 15) is 19.5 Å². The minimum atomic E-state index is -1.11. The molecule has 1 aromatic heterocycles. The van der Waals surface area contributed by atoms with Gasteiger partial charge in [-0.2, -0.15) is 0 Å². The molecule has 36 heavy (non-hydrogen) atoms. The number of hydrogen-bond donors (Lipinski definition) is 1. The van der Waals surface area contributed by atoms with Crippen LogP contribution in [0.3, 0.4) is 0 Å². The summed E-state index contributed by atoms with van der Waals surface area (Å²) >= 11 is 0. The summed E-state index contributed by atoms with van der Waals surface area (Å²) in [6.45, 7) is 7.44. The standard InChI is InChI=1S/C26H34N2O8/c1-15(2)5-7-19-25(3,36-19)22-21(33-4)18(9-10-26(22)14-34-26)35-24(32)27-12-17(13-27)28-11-16(23(30)31)6-8-20(28)29/h5-6,8,11,17-19,21-22H,7,9-10,12-14H2,1-4H3,(H,30,31)/t18-,19-,21-,22-,25+,26+/m1/s1. The second kappa shape index (κ2) is 9.00. The average Bonchev–Trinajstić information content (AvgIpc) is 3.70. The van der Waals surface area contributed by atoms with Crippen LogP contribution in [0.1, 0.15) is 56.4 Å². The maximum Gasteiger partial charge on any atom is 0.410 e. The molecule has 4 heterocycles. The Morgan fingerprint density at radius 3 is 2.61 bits per heavy atom. The molecule has 10 nitrogen and oxygen atoms in total. The number of aromatic nitrogens is 1. The van der Waals surface area contributed by atoms with Crippen molar-refractivity contribution in [2.24, 2.45) is 5.92 Å². The fourth-order valence-electron chi connectivity index (χ4n) is 5.97. The number of carboxylic acids is 1. The molecule has 196 valence electrons. The first kappa shape index (κ1) is 25.0. The zero-order valence-corrected chi connectivity index (χ0v) is 21.1. The molecule has 1 N–H and O–H groups in total. The number of amides is 1. The number of methoxy groups -OCH3 is 1. The van der Waals surface area contributed by atoms with Crippen LogP contribution in [0.25, 0.3) is 0 Å². The summed E-state index contributed by atoms with van der Waals surface area (Å²) in [6.07, 6.45) is 4.53. The van der Waals surface area contributed by atoms with Gasteiger partial charge in [0.1, 0.15) is 23.4 Å². The summed E-state index contributed by atoms with van der Waals surface area (Å²) in [5.74, 6) is -1.16. The number of nitrogens with zero attached hydrogens (tertiary/aromatic N) is 2. The number of aromatic carboxylic acids is 1. The number of carboxylic acid groups (broad SMARTS) is 1. The maximum absolute atomic E-state index is 13.0. The lowest BCUT2D eigenvalue weighted by Crippen LogP contribution is -2.58. The zero-order chi connectivity index (χ0) is 25.8.